The van der Waals surface area contributed by atoms with E-state index in [0.29, 0.717) is 30.2 Å². The molecule has 2 amide bonds. The Morgan fingerprint density at radius 1 is 1.03 bits per heavy atom. The van der Waals surface area contributed by atoms with Gasteiger partial charge in [0.1, 0.15) is 0 Å². The van der Waals surface area contributed by atoms with Gasteiger partial charge in [0.05, 0.1) is 13.5 Å². The molecule has 3 aromatic rings. The van der Waals surface area contributed by atoms with Gasteiger partial charge in [0.25, 0.3) is 5.91 Å². The van der Waals surface area contributed by atoms with Crippen molar-refractivity contribution in [3.8, 4) is 11.5 Å². The molecule has 0 atom stereocenters. The second-order valence-electron chi connectivity index (χ2n) is 7.67. The van der Waals surface area contributed by atoms with Crippen LogP contribution in [-0.4, -0.2) is 60.9 Å². The van der Waals surface area contributed by atoms with E-state index in [1.54, 1.807) is 23.2 Å². The first-order valence-corrected chi connectivity index (χ1v) is 10.5. The summed E-state index contributed by atoms with van der Waals surface area (Å²) in [5.41, 5.74) is 3.36. The average Bonchev–Trinajstić information content (AvgIpc) is 3.42. The predicted molar refractivity (Wildman–Crippen MR) is 120 cm³/mol. The number of nitrogens with zero attached hydrogens (tertiary/aromatic N) is 2. The van der Waals surface area contributed by atoms with Gasteiger partial charge in [-0.25, -0.2) is 5.01 Å². The van der Waals surface area contributed by atoms with Crippen molar-refractivity contribution in [3.63, 3.8) is 0 Å². The SMILES string of the molecule is COCOc1ccc(C(=O)N2CCCN2C(=O)Cc2c(C)[nH]c3ccccc23)cc1OC. The maximum Gasteiger partial charge on any atom is 0.272 e. The van der Waals surface area contributed by atoms with Crippen molar-refractivity contribution in [2.24, 2.45) is 0 Å². The van der Waals surface area contributed by atoms with E-state index in [-0.39, 0.29) is 25.0 Å². The van der Waals surface area contributed by atoms with Gasteiger partial charge in [-0.1, -0.05) is 18.2 Å². The van der Waals surface area contributed by atoms with Crippen LogP contribution in [0.3, 0.4) is 0 Å². The van der Waals surface area contributed by atoms with Crippen LogP contribution in [0.15, 0.2) is 42.5 Å². The highest BCUT2D eigenvalue weighted by atomic mass is 16.7. The highest BCUT2D eigenvalue weighted by molar-refractivity contribution is 5.97. The van der Waals surface area contributed by atoms with Gasteiger partial charge < -0.3 is 19.2 Å². The Morgan fingerprint density at radius 3 is 2.59 bits per heavy atom. The third kappa shape index (κ3) is 4.13. The number of aromatic nitrogens is 1. The second-order valence-corrected chi connectivity index (χ2v) is 7.67. The number of hydrazine groups is 1. The number of carbonyl (C=O) groups is 2. The largest absolute Gasteiger partial charge is 0.493 e. The Kier molecular flexibility index (Phi) is 6.32. The summed E-state index contributed by atoms with van der Waals surface area (Å²) in [5.74, 6) is 0.563. The molecule has 8 heteroatoms. The molecule has 32 heavy (non-hydrogen) atoms. The lowest BCUT2D eigenvalue weighted by molar-refractivity contribution is -0.139. The highest BCUT2D eigenvalue weighted by Crippen LogP contribution is 2.30. The summed E-state index contributed by atoms with van der Waals surface area (Å²) in [5, 5.41) is 4.12. The molecule has 0 spiro atoms. The Bertz CT molecular complexity index is 1140. The molecule has 1 aliphatic rings. The number of hydrogen-bond acceptors (Lipinski definition) is 5. The first kappa shape index (κ1) is 21.7. The third-order valence-electron chi connectivity index (χ3n) is 5.65. The summed E-state index contributed by atoms with van der Waals surface area (Å²) in [6, 6.07) is 12.9. The molecule has 1 aliphatic heterocycles. The molecule has 8 nitrogen and oxygen atoms in total. The molecular formula is C24H27N3O5. The molecule has 168 valence electrons. The molecule has 1 fully saturated rings. The van der Waals surface area contributed by atoms with Gasteiger partial charge in [0, 0.05) is 42.4 Å². The minimum absolute atomic E-state index is 0.0747. The van der Waals surface area contributed by atoms with Gasteiger partial charge in [-0.3, -0.25) is 14.6 Å². The van der Waals surface area contributed by atoms with E-state index in [2.05, 4.69) is 4.98 Å². The quantitative estimate of drug-likeness (QED) is 0.574. The highest BCUT2D eigenvalue weighted by Gasteiger charge is 2.32. The number of fused-ring (bicyclic) bond motifs is 1. The van der Waals surface area contributed by atoms with E-state index < -0.39 is 0 Å². The van der Waals surface area contributed by atoms with Crippen molar-refractivity contribution < 1.29 is 23.8 Å². The van der Waals surface area contributed by atoms with Gasteiger partial charge in [0.15, 0.2) is 18.3 Å². The lowest BCUT2D eigenvalue weighted by Gasteiger charge is -2.28. The minimum atomic E-state index is -0.247. The zero-order chi connectivity index (χ0) is 22.7. The maximum atomic E-state index is 13.2. The van der Waals surface area contributed by atoms with Crippen LogP contribution in [0.5, 0.6) is 11.5 Å². The van der Waals surface area contributed by atoms with E-state index in [9.17, 15) is 9.59 Å². The number of H-pyrrole nitrogens is 1. The molecule has 1 saturated heterocycles. The third-order valence-corrected chi connectivity index (χ3v) is 5.65. The molecule has 1 N–H and O–H groups in total. The van der Waals surface area contributed by atoms with Crippen LogP contribution < -0.4 is 9.47 Å². The van der Waals surface area contributed by atoms with Gasteiger partial charge >= 0.3 is 0 Å². The number of rotatable bonds is 7. The number of aryl methyl sites for hydroxylation is 1. The van der Waals surface area contributed by atoms with Crippen molar-refractivity contribution in [1.82, 2.24) is 15.0 Å². The first-order chi connectivity index (χ1) is 15.5. The van der Waals surface area contributed by atoms with Crippen LogP contribution in [-0.2, 0) is 16.0 Å². The maximum absolute atomic E-state index is 13.2. The minimum Gasteiger partial charge on any atom is -0.493 e. The molecule has 4 rings (SSSR count). The number of hydrogen-bond donors (Lipinski definition) is 1. The predicted octanol–water partition coefficient (Wildman–Crippen LogP) is 3.30. The Morgan fingerprint density at radius 2 is 1.81 bits per heavy atom. The molecule has 2 heterocycles. The number of ether oxygens (including phenoxy) is 3. The number of amides is 2. The lowest BCUT2D eigenvalue weighted by atomic mass is 10.1. The molecule has 0 radical (unpaired) electrons. The van der Waals surface area contributed by atoms with E-state index in [1.165, 1.54) is 19.2 Å². The van der Waals surface area contributed by atoms with Crippen LogP contribution in [0.25, 0.3) is 10.9 Å². The monoisotopic (exact) mass is 437 g/mol. The van der Waals surface area contributed by atoms with Crippen molar-refractivity contribution >= 4 is 22.7 Å². The topological polar surface area (TPSA) is 84.1 Å². The number of para-hydroxylation sites is 1. The first-order valence-electron chi connectivity index (χ1n) is 10.5. The van der Waals surface area contributed by atoms with Crippen LogP contribution in [0.4, 0.5) is 0 Å². The fourth-order valence-corrected chi connectivity index (χ4v) is 4.08. The zero-order valence-corrected chi connectivity index (χ0v) is 18.5. The standard InChI is InChI=1S/C24H27N3O5/c1-16-19(18-7-4-5-8-20(18)25-16)14-23(28)26-11-6-12-27(26)24(29)17-9-10-21(32-15-30-2)22(13-17)31-3/h4-5,7-10,13,25H,6,11-12,14-15H2,1-3H3. The Hall–Kier alpha value is -3.52. The van der Waals surface area contributed by atoms with Crippen LogP contribution in [0.1, 0.15) is 28.0 Å². The summed E-state index contributed by atoms with van der Waals surface area (Å²) in [6.07, 6.45) is 0.962. The van der Waals surface area contributed by atoms with E-state index >= 15 is 0 Å². The van der Waals surface area contributed by atoms with E-state index in [4.69, 9.17) is 14.2 Å². The van der Waals surface area contributed by atoms with Gasteiger partial charge in [-0.05, 0) is 43.2 Å². The molecule has 0 bridgehead atoms. The van der Waals surface area contributed by atoms with Crippen molar-refractivity contribution in [2.45, 2.75) is 19.8 Å². The zero-order valence-electron chi connectivity index (χ0n) is 18.5. The molecule has 0 aliphatic carbocycles. The second kappa shape index (κ2) is 9.32. The number of carbonyl (C=O) groups excluding carboxylic acids is 2. The smallest absolute Gasteiger partial charge is 0.272 e. The normalized spacial score (nSPS) is 13.6. The molecular weight excluding hydrogens is 410 g/mol. The number of nitrogens with one attached hydrogen (secondary N) is 1. The average molecular weight is 437 g/mol. The van der Waals surface area contributed by atoms with Gasteiger partial charge in [-0.15, -0.1) is 0 Å². The summed E-state index contributed by atoms with van der Waals surface area (Å²) in [4.78, 5) is 29.8. The molecule has 1 aromatic heterocycles. The van der Waals surface area contributed by atoms with Crippen LogP contribution in [0.2, 0.25) is 0 Å². The lowest BCUT2D eigenvalue weighted by Crippen LogP contribution is -2.45. The fraction of sp³-hybridized carbons (Fsp3) is 0.333. The summed E-state index contributed by atoms with van der Waals surface area (Å²) < 4.78 is 15.7. The van der Waals surface area contributed by atoms with Crippen LogP contribution >= 0.6 is 0 Å². The Labute approximate surface area is 186 Å². The number of benzene rings is 2. The Balaban J connectivity index is 1.53. The van der Waals surface area contributed by atoms with Crippen molar-refractivity contribution in [3.05, 3.63) is 59.3 Å². The summed E-state index contributed by atoms with van der Waals surface area (Å²) in [7, 11) is 3.04. The van der Waals surface area contributed by atoms with Gasteiger partial charge in [0.2, 0.25) is 5.91 Å². The van der Waals surface area contributed by atoms with Crippen molar-refractivity contribution in [1.29, 1.82) is 0 Å². The van der Waals surface area contributed by atoms with Crippen LogP contribution in [0, 0.1) is 6.92 Å². The number of aromatic amines is 1. The van der Waals surface area contributed by atoms with Gasteiger partial charge in [-0.2, -0.15) is 0 Å². The van der Waals surface area contributed by atoms with Crippen molar-refractivity contribution in [2.75, 3.05) is 34.1 Å². The molecule has 0 saturated carbocycles. The van der Waals surface area contributed by atoms with E-state index in [0.717, 1.165) is 28.6 Å². The molecule has 0 unspecified atom stereocenters. The van der Waals surface area contributed by atoms with E-state index in [1.807, 2.05) is 31.2 Å². The number of methoxy groups -OCH3 is 2. The summed E-state index contributed by atoms with van der Waals surface area (Å²) in [6.45, 7) is 3.04. The summed E-state index contributed by atoms with van der Waals surface area (Å²) >= 11 is 0. The molecule has 2 aromatic carbocycles. The fourth-order valence-electron chi connectivity index (χ4n) is 4.08.